The van der Waals surface area contributed by atoms with Crippen molar-refractivity contribution in [1.29, 1.82) is 0 Å². The summed E-state index contributed by atoms with van der Waals surface area (Å²) in [6, 6.07) is 16.9. The topological polar surface area (TPSA) is 83.6 Å². The van der Waals surface area contributed by atoms with Crippen LogP contribution in [-0.4, -0.2) is 28.7 Å². The number of benzene rings is 3. The van der Waals surface area contributed by atoms with Crippen LogP contribution in [0.1, 0.15) is 23.6 Å². The molecule has 8 heteroatoms. The first-order chi connectivity index (χ1) is 16.9. The highest BCUT2D eigenvalue weighted by Gasteiger charge is 2.20. The maximum atomic E-state index is 13.2. The van der Waals surface area contributed by atoms with Crippen molar-refractivity contribution < 1.29 is 23.8 Å². The van der Waals surface area contributed by atoms with Crippen LogP contribution in [-0.2, 0) is 24.4 Å². The van der Waals surface area contributed by atoms with E-state index < -0.39 is 12.0 Å². The average molecular weight is 541 g/mol. The van der Waals surface area contributed by atoms with Crippen LogP contribution in [0.2, 0.25) is 0 Å². The number of aromatic nitrogens is 1. The molecule has 0 radical (unpaired) electrons. The molecule has 4 rings (SSSR count). The molecule has 1 atom stereocenters. The van der Waals surface area contributed by atoms with E-state index in [-0.39, 0.29) is 12.4 Å². The fourth-order valence-electron chi connectivity index (χ4n) is 3.87. The second-order valence-corrected chi connectivity index (χ2v) is 8.94. The highest BCUT2D eigenvalue weighted by Crippen LogP contribution is 2.37. The molecule has 35 heavy (non-hydrogen) atoms. The Morgan fingerprint density at radius 3 is 2.63 bits per heavy atom. The van der Waals surface area contributed by atoms with E-state index >= 15 is 0 Å². The van der Waals surface area contributed by atoms with Gasteiger partial charge >= 0.3 is 5.97 Å². The first-order valence-electron chi connectivity index (χ1n) is 11.3. The lowest BCUT2D eigenvalue weighted by atomic mass is 10.0. The summed E-state index contributed by atoms with van der Waals surface area (Å²) in [5.41, 5.74) is 3.60. The largest absolute Gasteiger partial charge is 0.490 e. The molecule has 3 N–H and O–H groups in total. The predicted molar refractivity (Wildman–Crippen MR) is 136 cm³/mol. The van der Waals surface area contributed by atoms with E-state index in [1.165, 1.54) is 12.1 Å². The van der Waals surface area contributed by atoms with Crippen LogP contribution >= 0.6 is 15.9 Å². The minimum atomic E-state index is -0.918. The lowest BCUT2D eigenvalue weighted by molar-refractivity contribution is -0.139. The number of rotatable bonds is 11. The SMILES string of the molecule is CCOc1cc(CNC(Cc2c[nH]c3ccccc23)C(=O)O)cc(Br)c1OCc1ccc(F)cc1. The zero-order chi connectivity index (χ0) is 24.8. The van der Waals surface area contributed by atoms with Crippen LogP contribution in [0.5, 0.6) is 11.5 Å². The summed E-state index contributed by atoms with van der Waals surface area (Å²) in [7, 11) is 0. The molecule has 0 amide bonds. The molecule has 4 aromatic rings. The fraction of sp³-hybridized carbons (Fsp3) is 0.222. The maximum absolute atomic E-state index is 13.2. The summed E-state index contributed by atoms with van der Waals surface area (Å²) >= 11 is 3.55. The van der Waals surface area contributed by atoms with E-state index in [4.69, 9.17) is 9.47 Å². The number of aliphatic carboxylic acids is 1. The highest BCUT2D eigenvalue weighted by molar-refractivity contribution is 9.10. The third kappa shape index (κ3) is 6.21. The number of carboxylic acids is 1. The number of aromatic amines is 1. The zero-order valence-electron chi connectivity index (χ0n) is 19.2. The number of para-hydroxylation sites is 1. The van der Waals surface area contributed by atoms with Gasteiger partial charge < -0.3 is 24.9 Å². The van der Waals surface area contributed by atoms with Crippen LogP contribution in [0.3, 0.4) is 0 Å². The molecule has 6 nitrogen and oxygen atoms in total. The van der Waals surface area contributed by atoms with Gasteiger partial charge in [0, 0.05) is 30.1 Å². The number of fused-ring (bicyclic) bond motifs is 1. The van der Waals surface area contributed by atoms with Gasteiger partial charge in [0.1, 0.15) is 18.5 Å². The van der Waals surface area contributed by atoms with Gasteiger partial charge in [0.25, 0.3) is 0 Å². The molecule has 0 aliphatic carbocycles. The molecule has 0 aliphatic heterocycles. The van der Waals surface area contributed by atoms with Gasteiger partial charge in [-0.15, -0.1) is 0 Å². The summed E-state index contributed by atoms with van der Waals surface area (Å²) in [6.07, 6.45) is 2.21. The van der Waals surface area contributed by atoms with Crippen molar-refractivity contribution in [3.63, 3.8) is 0 Å². The first-order valence-corrected chi connectivity index (χ1v) is 12.1. The quantitative estimate of drug-likeness (QED) is 0.223. The third-order valence-electron chi connectivity index (χ3n) is 5.62. The van der Waals surface area contributed by atoms with E-state index in [2.05, 4.69) is 26.2 Å². The van der Waals surface area contributed by atoms with Gasteiger partial charge in [-0.25, -0.2) is 4.39 Å². The van der Waals surface area contributed by atoms with Crippen molar-refractivity contribution in [1.82, 2.24) is 10.3 Å². The van der Waals surface area contributed by atoms with E-state index in [0.717, 1.165) is 27.6 Å². The maximum Gasteiger partial charge on any atom is 0.321 e. The van der Waals surface area contributed by atoms with Crippen LogP contribution in [0, 0.1) is 5.82 Å². The molecule has 0 saturated carbocycles. The molecule has 1 heterocycles. The zero-order valence-corrected chi connectivity index (χ0v) is 20.8. The molecule has 0 fully saturated rings. The molecule has 182 valence electrons. The molecule has 0 bridgehead atoms. The minimum Gasteiger partial charge on any atom is -0.490 e. The standard InChI is InChI=1S/C27H26BrFN2O4/c1-2-34-25-12-18(11-22(28)26(25)35-16-17-7-9-20(29)10-8-17)14-30-24(27(32)33)13-19-15-31-23-6-4-3-5-21(19)23/h3-12,15,24,30-31H,2,13-14,16H2,1H3,(H,32,33). The van der Waals surface area contributed by atoms with Gasteiger partial charge in [0.2, 0.25) is 0 Å². The Balaban J connectivity index is 1.47. The number of nitrogens with one attached hydrogen (secondary N) is 2. The van der Waals surface area contributed by atoms with Gasteiger partial charge in [-0.2, -0.15) is 0 Å². The van der Waals surface area contributed by atoms with Gasteiger partial charge in [0.05, 0.1) is 11.1 Å². The molecular weight excluding hydrogens is 515 g/mol. The van der Waals surface area contributed by atoms with Gasteiger partial charge in [-0.3, -0.25) is 4.79 Å². The monoisotopic (exact) mass is 540 g/mol. The predicted octanol–water partition coefficient (Wildman–Crippen LogP) is 5.83. The Morgan fingerprint density at radius 1 is 1.11 bits per heavy atom. The number of ether oxygens (including phenoxy) is 2. The Bertz CT molecular complexity index is 1310. The Morgan fingerprint density at radius 2 is 1.89 bits per heavy atom. The lowest BCUT2D eigenvalue weighted by Gasteiger charge is -2.18. The first kappa shape index (κ1) is 24.8. The minimum absolute atomic E-state index is 0.252. The summed E-state index contributed by atoms with van der Waals surface area (Å²) in [4.78, 5) is 15.2. The number of hydrogen-bond donors (Lipinski definition) is 3. The van der Waals surface area contributed by atoms with E-state index in [0.29, 0.717) is 35.5 Å². The van der Waals surface area contributed by atoms with Gasteiger partial charge in [0.15, 0.2) is 11.5 Å². The molecular formula is C27H26BrFN2O4. The summed E-state index contributed by atoms with van der Waals surface area (Å²) in [5, 5.41) is 14.0. The van der Waals surface area contributed by atoms with Crippen molar-refractivity contribution in [3.05, 3.63) is 93.8 Å². The second kappa shape index (κ2) is 11.4. The number of hydrogen-bond acceptors (Lipinski definition) is 4. The van der Waals surface area contributed by atoms with Crippen LogP contribution in [0.4, 0.5) is 4.39 Å². The van der Waals surface area contributed by atoms with Crippen LogP contribution in [0.15, 0.2) is 71.3 Å². The smallest absolute Gasteiger partial charge is 0.321 e. The van der Waals surface area contributed by atoms with E-state index in [9.17, 15) is 14.3 Å². The number of carboxylic acid groups (broad SMARTS) is 1. The molecule has 0 saturated heterocycles. The Kier molecular flexibility index (Phi) is 8.05. The normalized spacial score (nSPS) is 12.0. The van der Waals surface area contributed by atoms with Crippen molar-refractivity contribution in [2.75, 3.05) is 6.61 Å². The van der Waals surface area contributed by atoms with Crippen molar-refractivity contribution >= 4 is 32.8 Å². The average Bonchev–Trinajstić information content (AvgIpc) is 3.25. The molecule has 1 aromatic heterocycles. The van der Waals surface area contributed by atoms with Gasteiger partial charge in [-0.1, -0.05) is 30.3 Å². The Labute approximate surface area is 211 Å². The van der Waals surface area contributed by atoms with E-state index in [1.54, 1.807) is 12.1 Å². The molecule has 3 aromatic carbocycles. The molecule has 0 aliphatic rings. The van der Waals surface area contributed by atoms with Crippen molar-refractivity contribution in [2.45, 2.75) is 32.5 Å². The van der Waals surface area contributed by atoms with Crippen molar-refractivity contribution in [3.8, 4) is 11.5 Å². The second-order valence-electron chi connectivity index (χ2n) is 8.09. The van der Waals surface area contributed by atoms with Crippen LogP contribution in [0.25, 0.3) is 10.9 Å². The molecule has 1 unspecified atom stereocenters. The number of halogens is 2. The number of H-pyrrole nitrogens is 1. The summed E-state index contributed by atoms with van der Waals surface area (Å²) in [5.74, 6) is -0.137. The van der Waals surface area contributed by atoms with Crippen LogP contribution < -0.4 is 14.8 Å². The lowest BCUT2D eigenvalue weighted by Crippen LogP contribution is -2.38. The Hall–Kier alpha value is -3.36. The number of carbonyl (C=O) groups is 1. The third-order valence-corrected chi connectivity index (χ3v) is 6.20. The van der Waals surface area contributed by atoms with Gasteiger partial charge in [-0.05, 0) is 69.9 Å². The summed E-state index contributed by atoms with van der Waals surface area (Å²) < 4.78 is 25.6. The fourth-order valence-corrected chi connectivity index (χ4v) is 4.47. The molecule has 0 spiro atoms. The summed E-state index contributed by atoms with van der Waals surface area (Å²) in [6.45, 7) is 2.90. The highest BCUT2D eigenvalue weighted by atomic mass is 79.9. The van der Waals surface area contributed by atoms with Crippen molar-refractivity contribution in [2.24, 2.45) is 0 Å². The van der Waals surface area contributed by atoms with E-state index in [1.807, 2.05) is 49.5 Å².